The van der Waals surface area contributed by atoms with E-state index in [1.807, 2.05) is 24.3 Å². The van der Waals surface area contributed by atoms with E-state index < -0.39 is 0 Å². The molecule has 0 atom stereocenters. The Labute approximate surface area is 144 Å². The molecular weight excluding hydrogens is 300 g/mol. The van der Waals surface area contributed by atoms with Gasteiger partial charge in [-0.05, 0) is 42.9 Å². The van der Waals surface area contributed by atoms with E-state index >= 15 is 0 Å². The molecule has 130 valence electrons. The van der Waals surface area contributed by atoms with Crippen molar-refractivity contribution < 1.29 is 9.59 Å². The molecule has 1 aromatic rings. The number of carbonyl (C=O) groups excluding carboxylic acids is 2. The molecule has 4 nitrogen and oxygen atoms in total. The summed E-state index contributed by atoms with van der Waals surface area (Å²) in [4.78, 5) is 26.3. The zero-order valence-electron chi connectivity index (χ0n) is 14.6. The van der Waals surface area contributed by atoms with Gasteiger partial charge in [0.1, 0.15) is 0 Å². The number of rotatable bonds is 7. The normalized spacial score (nSPS) is 17.7. The number of carbonyl (C=O) groups is 2. The minimum Gasteiger partial charge on any atom is -0.355 e. The Morgan fingerprint density at radius 2 is 1.75 bits per heavy atom. The van der Waals surface area contributed by atoms with Crippen molar-refractivity contribution in [3.8, 4) is 0 Å². The summed E-state index contributed by atoms with van der Waals surface area (Å²) in [6.07, 6.45) is 9.28. The highest BCUT2D eigenvalue weighted by Gasteiger charge is 2.32. The first kappa shape index (κ1) is 17.0. The first-order valence-corrected chi connectivity index (χ1v) is 9.28. The molecular formula is C20H28N2O2. The number of benzene rings is 1. The van der Waals surface area contributed by atoms with Gasteiger partial charge in [0, 0.05) is 31.6 Å². The summed E-state index contributed by atoms with van der Waals surface area (Å²) in [6.45, 7) is 0.669. The molecule has 2 aliphatic rings. The summed E-state index contributed by atoms with van der Waals surface area (Å²) in [7, 11) is 1.63. The fourth-order valence-corrected chi connectivity index (χ4v) is 3.68. The average molecular weight is 328 g/mol. The highest BCUT2D eigenvalue weighted by atomic mass is 16.2. The molecule has 24 heavy (non-hydrogen) atoms. The van der Waals surface area contributed by atoms with Crippen molar-refractivity contribution in [2.75, 3.05) is 7.05 Å². The molecule has 0 aromatic heterocycles. The molecule has 3 rings (SSSR count). The third kappa shape index (κ3) is 4.37. The summed E-state index contributed by atoms with van der Waals surface area (Å²) in [6, 6.07) is 8.03. The first-order valence-electron chi connectivity index (χ1n) is 9.28. The molecule has 0 saturated heterocycles. The minimum absolute atomic E-state index is 0.0757. The van der Waals surface area contributed by atoms with E-state index in [2.05, 4.69) is 10.2 Å². The molecule has 2 amide bonds. The molecule has 0 aliphatic heterocycles. The lowest BCUT2D eigenvalue weighted by Gasteiger charge is -2.23. The van der Waals surface area contributed by atoms with Gasteiger partial charge in [0.05, 0.1) is 0 Å². The van der Waals surface area contributed by atoms with Gasteiger partial charge in [0.25, 0.3) is 5.91 Å². The maximum Gasteiger partial charge on any atom is 0.251 e. The van der Waals surface area contributed by atoms with Crippen LogP contribution in [0, 0.1) is 5.92 Å². The van der Waals surface area contributed by atoms with E-state index in [4.69, 9.17) is 0 Å². The van der Waals surface area contributed by atoms with Gasteiger partial charge in [-0.25, -0.2) is 0 Å². The van der Waals surface area contributed by atoms with Gasteiger partial charge in [-0.15, -0.1) is 0 Å². The van der Waals surface area contributed by atoms with E-state index in [0.717, 1.165) is 30.7 Å². The second-order valence-corrected chi connectivity index (χ2v) is 7.22. The fraction of sp³-hybridized carbons (Fsp3) is 0.600. The SMILES string of the molecule is CNC(=O)c1ccc(CN(C(=O)CCC2CCCC2)C2CC2)cc1. The molecule has 0 radical (unpaired) electrons. The average Bonchev–Trinajstić information content (AvgIpc) is 3.32. The largest absolute Gasteiger partial charge is 0.355 e. The Morgan fingerprint density at radius 1 is 1.08 bits per heavy atom. The smallest absolute Gasteiger partial charge is 0.251 e. The van der Waals surface area contributed by atoms with Gasteiger partial charge >= 0.3 is 0 Å². The molecule has 2 aliphatic carbocycles. The van der Waals surface area contributed by atoms with Crippen LogP contribution >= 0.6 is 0 Å². The Kier molecular flexibility index (Phi) is 5.54. The van der Waals surface area contributed by atoms with E-state index in [9.17, 15) is 9.59 Å². The van der Waals surface area contributed by atoms with Crippen LogP contribution in [0.5, 0.6) is 0 Å². The molecule has 2 saturated carbocycles. The van der Waals surface area contributed by atoms with Crippen LogP contribution in [0.15, 0.2) is 24.3 Å². The summed E-state index contributed by atoms with van der Waals surface area (Å²) >= 11 is 0. The molecule has 0 bridgehead atoms. The van der Waals surface area contributed by atoms with E-state index in [0.29, 0.717) is 30.5 Å². The van der Waals surface area contributed by atoms with Gasteiger partial charge in [-0.3, -0.25) is 9.59 Å². The van der Waals surface area contributed by atoms with Gasteiger partial charge < -0.3 is 10.2 Å². The molecule has 4 heteroatoms. The predicted octanol–water partition coefficient (Wildman–Crippen LogP) is 3.51. The lowest BCUT2D eigenvalue weighted by molar-refractivity contribution is -0.132. The highest BCUT2D eigenvalue weighted by Crippen LogP contribution is 2.32. The zero-order chi connectivity index (χ0) is 16.9. The Hall–Kier alpha value is -1.84. The number of amides is 2. The number of hydrogen-bond donors (Lipinski definition) is 1. The van der Waals surface area contributed by atoms with Crippen LogP contribution in [-0.4, -0.2) is 29.8 Å². The minimum atomic E-state index is -0.0757. The quantitative estimate of drug-likeness (QED) is 0.833. The van der Waals surface area contributed by atoms with E-state index in [-0.39, 0.29) is 5.91 Å². The van der Waals surface area contributed by atoms with Crippen LogP contribution in [0.2, 0.25) is 0 Å². The van der Waals surface area contributed by atoms with Crippen molar-refractivity contribution in [3.05, 3.63) is 35.4 Å². The lowest BCUT2D eigenvalue weighted by Crippen LogP contribution is -2.32. The maximum atomic E-state index is 12.7. The third-order valence-corrected chi connectivity index (χ3v) is 5.35. The van der Waals surface area contributed by atoms with Crippen LogP contribution in [0.25, 0.3) is 0 Å². The van der Waals surface area contributed by atoms with Crippen molar-refractivity contribution in [2.24, 2.45) is 5.92 Å². The Morgan fingerprint density at radius 3 is 2.33 bits per heavy atom. The Balaban J connectivity index is 1.57. The van der Waals surface area contributed by atoms with Crippen molar-refractivity contribution in [2.45, 2.75) is 64.0 Å². The summed E-state index contributed by atoms with van der Waals surface area (Å²) < 4.78 is 0. The molecule has 1 aromatic carbocycles. The summed E-state index contributed by atoms with van der Waals surface area (Å²) in [5, 5.41) is 2.63. The van der Waals surface area contributed by atoms with Crippen LogP contribution in [0.1, 0.15) is 67.3 Å². The topological polar surface area (TPSA) is 49.4 Å². The summed E-state index contributed by atoms with van der Waals surface area (Å²) in [5.41, 5.74) is 1.76. The third-order valence-electron chi connectivity index (χ3n) is 5.35. The second-order valence-electron chi connectivity index (χ2n) is 7.22. The van der Waals surface area contributed by atoms with Crippen molar-refractivity contribution >= 4 is 11.8 Å². The molecule has 1 N–H and O–H groups in total. The molecule has 0 heterocycles. The Bertz CT molecular complexity index is 572. The number of nitrogens with zero attached hydrogens (tertiary/aromatic N) is 1. The van der Waals surface area contributed by atoms with Crippen LogP contribution in [-0.2, 0) is 11.3 Å². The fourth-order valence-electron chi connectivity index (χ4n) is 3.68. The number of hydrogen-bond acceptors (Lipinski definition) is 2. The molecule has 0 unspecified atom stereocenters. The van der Waals surface area contributed by atoms with Gasteiger partial charge in [0.15, 0.2) is 0 Å². The van der Waals surface area contributed by atoms with Crippen LogP contribution in [0.3, 0.4) is 0 Å². The first-order chi connectivity index (χ1) is 11.7. The van der Waals surface area contributed by atoms with Crippen molar-refractivity contribution in [1.82, 2.24) is 10.2 Å². The summed E-state index contributed by atoms with van der Waals surface area (Å²) in [5.74, 6) is 0.995. The second kappa shape index (κ2) is 7.82. The monoisotopic (exact) mass is 328 g/mol. The lowest BCUT2D eigenvalue weighted by atomic mass is 10.0. The van der Waals surface area contributed by atoms with Gasteiger partial charge in [0.2, 0.25) is 5.91 Å². The van der Waals surface area contributed by atoms with E-state index in [1.54, 1.807) is 7.05 Å². The molecule has 2 fully saturated rings. The molecule has 0 spiro atoms. The van der Waals surface area contributed by atoms with Gasteiger partial charge in [-0.1, -0.05) is 37.8 Å². The maximum absolute atomic E-state index is 12.7. The van der Waals surface area contributed by atoms with E-state index in [1.165, 1.54) is 25.7 Å². The van der Waals surface area contributed by atoms with Crippen molar-refractivity contribution in [1.29, 1.82) is 0 Å². The predicted molar refractivity (Wildman–Crippen MR) is 94.6 cm³/mol. The highest BCUT2D eigenvalue weighted by molar-refractivity contribution is 5.93. The van der Waals surface area contributed by atoms with Crippen LogP contribution in [0.4, 0.5) is 0 Å². The number of nitrogens with one attached hydrogen (secondary N) is 1. The van der Waals surface area contributed by atoms with Gasteiger partial charge in [-0.2, -0.15) is 0 Å². The van der Waals surface area contributed by atoms with Crippen molar-refractivity contribution in [3.63, 3.8) is 0 Å². The van der Waals surface area contributed by atoms with Crippen LogP contribution < -0.4 is 5.32 Å². The zero-order valence-corrected chi connectivity index (χ0v) is 14.6. The standard InChI is InChI=1S/C20H28N2O2/c1-21-20(24)17-9-6-16(7-10-17)14-22(18-11-12-18)19(23)13-8-15-4-2-3-5-15/h6-7,9-10,15,18H,2-5,8,11-14H2,1H3,(H,21,24).